The number of rotatable bonds is 7. The van der Waals surface area contributed by atoms with Gasteiger partial charge in [0.2, 0.25) is 0 Å². The number of nitrogens with one attached hydrogen (secondary N) is 2. The minimum atomic E-state index is -0.339. The van der Waals surface area contributed by atoms with E-state index in [-0.39, 0.29) is 11.8 Å². The van der Waals surface area contributed by atoms with Crippen LogP contribution in [0.3, 0.4) is 0 Å². The molecule has 0 saturated heterocycles. The van der Waals surface area contributed by atoms with Crippen LogP contribution in [0.5, 0.6) is 5.75 Å². The Kier molecular flexibility index (Phi) is 6.95. The second-order valence-electron chi connectivity index (χ2n) is 6.55. The van der Waals surface area contributed by atoms with Gasteiger partial charge in [-0.05, 0) is 79.6 Å². The van der Waals surface area contributed by atoms with Crippen LogP contribution in [-0.4, -0.2) is 24.6 Å². The summed E-state index contributed by atoms with van der Waals surface area (Å²) in [5.74, 6) is 0.257. The predicted octanol–water partition coefficient (Wildman–Crippen LogP) is 4.41. The first kappa shape index (κ1) is 20.8. The number of ether oxygens (including phenoxy) is 1. The Morgan fingerprint density at radius 3 is 2.30 bits per heavy atom. The fourth-order valence-electron chi connectivity index (χ4n) is 2.78. The number of hydrogen-bond donors (Lipinski definition) is 2. The molecule has 3 rings (SSSR count). The van der Waals surface area contributed by atoms with Gasteiger partial charge in [0.05, 0.1) is 12.8 Å². The molecule has 0 atom stereocenters. The molecule has 0 aromatic heterocycles. The number of benzene rings is 3. The highest BCUT2D eigenvalue weighted by Crippen LogP contribution is 2.14. The Morgan fingerprint density at radius 2 is 1.63 bits per heavy atom. The molecule has 0 spiro atoms. The minimum Gasteiger partial charge on any atom is -0.494 e. The van der Waals surface area contributed by atoms with Crippen LogP contribution in [0.4, 0.5) is 5.69 Å². The Labute approximate surface area is 175 Å². The molecule has 0 bridgehead atoms. The number of nitrogens with zero attached hydrogens (tertiary/aromatic N) is 1. The monoisotopic (exact) mass is 401 g/mol. The first-order valence-corrected chi connectivity index (χ1v) is 9.60. The molecule has 0 fully saturated rings. The van der Waals surface area contributed by atoms with E-state index in [9.17, 15) is 9.59 Å². The van der Waals surface area contributed by atoms with Gasteiger partial charge in [0.15, 0.2) is 0 Å². The lowest BCUT2D eigenvalue weighted by atomic mass is 10.1. The molecule has 0 aliphatic heterocycles. The molecule has 152 valence electrons. The third kappa shape index (κ3) is 5.54. The third-order valence-electron chi connectivity index (χ3n) is 4.37. The second kappa shape index (κ2) is 10.0. The van der Waals surface area contributed by atoms with Crippen molar-refractivity contribution in [2.75, 3.05) is 11.9 Å². The summed E-state index contributed by atoms with van der Waals surface area (Å²) in [6.45, 7) is 4.42. The molecule has 30 heavy (non-hydrogen) atoms. The quantitative estimate of drug-likeness (QED) is 0.455. The van der Waals surface area contributed by atoms with Crippen LogP contribution in [0, 0.1) is 6.92 Å². The zero-order valence-corrected chi connectivity index (χ0v) is 16.9. The highest BCUT2D eigenvalue weighted by atomic mass is 16.5. The molecule has 0 radical (unpaired) electrons. The lowest BCUT2D eigenvalue weighted by molar-refractivity contribution is 0.0954. The summed E-state index contributed by atoms with van der Waals surface area (Å²) in [7, 11) is 0. The average Bonchev–Trinajstić information content (AvgIpc) is 2.76. The molecule has 6 nitrogen and oxygen atoms in total. The van der Waals surface area contributed by atoms with Crippen LogP contribution in [-0.2, 0) is 0 Å². The van der Waals surface area contributed by atoms with Gasteiger partial charge < -0.3 is 10.1 Å². The van der Waals surface area contributed by atoms with Crippen molar-refractivity contribution in [2.45, 2.75) is 13.8 Å². The lowest BCUT2D eigenvalue weighted by Crippen LogP contribution is -2.18. The van der Waals surface area contributed by atoms with E-state index in [0.29, 0.717) is 23.4 Å². The fraction of sp³-hybridized carbons (Fsp3) is 0.125. The van der Waals surface area contributed by atoms with Crippen molar-refractivity contribution in [3.05, 3.63) is 95.1 Å². The first-order chi connectivity index (χ1) is 14.6. The molecular formula is C24H23N3O3. The van der Waals surface area contributed by atoms with E-state index in [1.165, 1.54) is 0 Å². The zero-order valence-electron chi connectivity index (χ0n) is 16.9. The summed E-state index contributed by atoms with van der Waals surface area (Å²) in [5, 5.41) is 6.81. The van der Waals surface area contributed by atoms with Crippen molar-refractivity contribution >= 4 is 23.7 Å². The van der Waals surface area contributed by atoms with Gasteiger partial charge in [-0.3, -0.25) is 9.59 Å². The number of aryl methyl sites for hydroxylation is 1. The SMILES string of the molecule is CCOc1ccc(/C=N/NC(=O)c2ccc(NC(=O)c3ccccc3C)cc2)cc1. The second-order valence-corrected chi connectivity index (χ2v) is 6.55. The normalized spacial score (nSPS) is 10.6. The van der Waals surface area contributed by atoms with E-state index >= 15 is 0 Å². The van der Waals surface area contributed by atoms with Gasteiger partial charge in [-0.1, -0.05) is 18.2 Å². The lowest BCUT2D eigenvalue weighted by Gasteiger charge is -2.08. The van der Waals surface area contributed by atoms with Gasteiger partial charge in [0, 0.05) is 16.8 Å². The van der Waals surface area contributed by atoms with Crippen LogP contribution in [0.1, 0.15) is 38.8 Å². The predicted molar refractivity (Wildman–Crippen MR) is 118 cm³/mol. The minimum absolute atomic E-state index is 0.190. The molecule has 2 amide bonds. The Balaban J connectivity index is 1.55. The zero-order chi connectivity index (χ0) is 21.3. The summed E-state index contributed by atoms with van der Waals surface area (Å²) < 4.78 is 5.39. The third-order valence-corrected chi connectivity index (χ3v) is 4.37. The molecule has 3 aromatic rings. The topological polar surface area (TPSA) is 79.8 Å². The molecule has 2 N–H and O–H groups in total. The van der Waals surface area contributed by atoms with E-state index in [0.717, 1.165) is 16.9 Å². The van der Waals surface area contributed by atoms with Crippen molar-refractivity contribution in [3.8, 4) is 5.75 Å². The molecule has 0 unspecified atom stereocenters. The summed E-state index contributed by atoms with van der Waals surface area (Å²) in [5.41, 5.74) is 5.89. The molecule has 0 saturated carbocycles. The van der Waals surface area contributed by atoms with E-state index in [2.05, 4.69) is 15.8 Å². The number of hydrazone groups is 1. The molecule has 0 aliphatic rings. The van der Waals surface area contributed by atoms with Crippen molar-refractivity contribution in [3.63, 3.8) is 0 Å². The van der Waals surface area contributed by atoms with Gasteiger partial charge >= 0.3 is 0 Å². The van der Waals surface area contributed by atoms with Crippen LogP contribution >= 0.6 is 0 Å². The standard InChI is InChI=1S/C24H23N3O3/c1-3-30-21-14-8-18(9-15-21)16-25-27-23(28)19-10-12-20(13-11-19)26-24(29)22-7-5-4-6-17(22)2/h4-16H,3H2,1-2H3,(H,26,29)(H,27,28)/b25-16+. The molecule has 6 heteroatoms. The maximum Gasteiger partial charge on any atom is 0.271 e. The largest absolute Gasteiger partial charge is 0.494 e. The van der Waals surface area contributed by atoms with E-state index in [4.69, 9.17) is 4.74 Å². The van der Waals surface area contributed by atoms with Gasteiger partial charge in [-0.15, -0.1) is 0 Å². The number of anilines is 1. The maximum atomic E-state index is 12.4. The van der Waals surface area contributed by atoms with E-state index in [1.54, 1.807) is 36.5 Å². The molecular weight excluding hydrogens is 378 g/mol. The Bertz CT molecular complexity index is 1040. The van der Waals surface area contributed by atoms with Crippen LogP contribution in [0.2, 0.25) is 0 Å². The van der Waals surface area contributed by atoms with Crippen molar-refractivity contribution < 1.29 is 14.3 Å². The smallest absolute Gasteiger partial charge is 0.271 e. The van der Waals surface area contributed by atoms with E-state index in [1.807, 2.05) is 56.3 Å². The number of amides is 2. The number of carbonyl (C=O) groups excluding carboxylic acids is 2. The van der Waals surface area contributed by atoms with Gasteiger partial charge in [0.1, 0.15) is 5.75 Å². The van der Waals surface area contributed by atoms with Crippen molar-refractivity contribution in [1.29, 1.82) is 0 Å². The number of carbonyl (C=O) groups is 2. The van der Waals surface area contributed by atoms with E-state index < -0.39 is 0 Å². The van der Waals surface area contributed by atoms with Crippen molar-refractivity contribution in [2.24, 2.45) is 5.10 Å². The van der Waals surface area contributed by atoms with Crippen LogP contribution in [0.25, 0.3) is 0 Å². The summed E-state index contributed by atoms with van der Waals surface area (Å²) in [6, 6.07) is 21.4. The highest BCUT2D eigenvalue weighted by Gasteiger charge is 2.09. The molecule has 3 aromatic carbocycles. The summed E-state index contributed by atoms with van der Waals surface area (Å²) >= 11 is 0. The fourth-order valence-corrected chi connectivity index (χ4v) is 2.78. The Morgan fingerprint density at radius 1 is 0.933 bits per heavy atom. The van der Waals surface area contributed by atoms with Crippen molar-refractivity contribution in [1.82, 2.24) is 5.43 Å². The Hall–Kier alpha value is -3.93. The van der Waals surface area contributed by atoms with Gasteiger partial charge in [-0.2, -0.15) is 5.10 Å². The van der Waals surface area contributed by atoms with Crippen LogP contribution < -0.4 is 15.5 Å². The summed E-state index contributed by atoms with van der Waals surface area (Å²) in [4.78, 5) is 24.6. The highest BCUT2D eigenvalue weighted by molar-refractivity contribution is 6.05. The number of hydrogen-bond acceptors (Lipinski definition) is 4. The van der Waals surface area contributed by atoms with Crippen LogP contribution in [0.15, 0.2) is 77.9 Å². The molecule has 0 heterocycles. The summed E-state index contributed by atoms with van der Waals surface area (Å²) in [6.07, 6.45) is 1.56. The average molecular weight is 401 g/mol. The maximum absolute atomic E-state index is 12.4. The van der Waals surface area contributed by atoms with Gasteiger partial charge in [0.25, 0.3) is 11.8 Å². The first-order valence-electron chi connectivity index (χ1n) is 9.60. The molecule has 0 aliphatic carbocycles. The van der Waals surface area contributed by atoms with Gasteiger partial charge in [-0.25, -0.2) is 5.43 Å².